The lowest BCUT2D eigenvalue weighted by atomic mass is 9.93. The van der Waals surface area contributed by atoms with Gasteiger partial charge in [-0.3, -0.25) is 14.2 Å². The lowest BCUT2D eigenvalue weighted by molar-refractivity contribution is -0.121. The summed E-state index contributed by atoms with van der Waals surface area (Å²) in [4.78, 5) is 29.3. The Morgan fingerprint density at radius 1 is 1.21 bits per heavy atom. The predicted octanol–water partition coefficient (Wildman–Crippen LogP) is 2.13. The minimum absolute atomic E-state index is 0.0361. The molecule has 1 N–H and O–H groups in total. The zero-order valence-electron chi connectivity index (χ0n) is 16.2. The number of aryl methyl sites for hydroxylation is 1. The van der Waals surface area contributed by atoms with Crippen LogP contribution < -0.4 is 20.3 Å². The van der Waals surface area contributed by atoms with Crippen LogP contribution in [-0.4, -0.2) is 36.2 Å². The Bertz CT molecular complexity index is 982. The van der Waals surface area contributed by atoms with Crippen molar-refractivity contribution in [3.63, 3.8) is 0 Å². The molecule has 1 fully saturated rings. The normalized spacial score (nSPS) is 22.6. The van der Waals surface area contributed by atoms with E-state index in [9.17, 15) is 9.59 Å². The van der Waals surface area contributed by atoms with Crippen molar-refractivity contribution in [1.29, 1.82) is 0 Å². The molecule has 0 saturated heterocycles. The third kappa shape index (κ3) is 3.48. The van der Waals surface area contributed by atoms with Crippen LogP contribution in [0.15, 0.2) is 35.4 Å². The molecule has 28 heavy (non-hydrogen) atoms. The summed E-state index contributed by atoms with van der Waals surface area (Å²) >= 11 is 0. The third-order valence-electron chi connectivity index (χ3n) is 5.89. The van der Waals surface area contributed by atoms with Crippen molar-refractivity contribution in [1.82, 2.24) is 14.9 Å². The van der Waals surface area contributed by atoms with Gasteiger partial charge in [0.25, 0.3) is 5.56 Å². The number of methoxy groups -OCH3 is 2. The topological polar surface area (TPSA) is 82.5 Å². The molecule has 0 radical (unpaired) electrons. The summed E-state index contributed by atoms with van der Waals surface area (Å²) in [6.45, 7) is 1.00. The third-order valence-corrected chi connectivity index (χ3v) is 5.89. The monoisotopic (exact) mass is 383 g/mol. The van der Waals surface area contributed by atoms with Crippen molar-refractivity contribution < 1.29 is 14.3 Å². The number of allylic oxidation sites excluding steroid dienone is 2. The van der Waals surface area contributed by atoms with Crippen molar-refractivity contribution in [3.8, 4) is 11.5 Å². The van der Waals surface area contributed by atoms with Crippen LogP contribution in [0.5, 0.6) is 11.5 Å². The highest BCUT2D eigenvalue weighted by molar-refractivity contribution is 5.81. The molecule has 2 aliphatic rings. The molecule has 2 aromatic rings. The van der Waals surface area contributed by atoms with E-state index in [4.69, 9.17) is 9.47 Å². The number of carbonyl (C=O) groups excluding carboxylic acids is 1. The van der Waals surface area contributed by atoms with Gasteiger partial charge in [-0.05, 0) is 36.7 Å². The maximum Gasteiger partial charge on any atom is 0.261 e. The molecule has 1 heterocycles. The molecule has 0 spiro atoms. The molecule has 1 amide bonds. The molecule has 1 saturated carbocycles. The standard InChI is InChI=1S/C21H25N3O4/c1-27-18-9-16-17(10-19(18)28-2)23-12-24(21(16)26)6-5-20(25)22-11-15-8-13-3-4-14(15)7-13/h3-4,9-10,12-15H,5-8,11H2,1-2H3,(H,22,25). The van der Waals surface area contributed by atoms with Crippen molar-refractivity contribution >= 4 is 16.8 Å². The van der Waals surface area contributed by atoms with Gasteiger partial charge in [0.15, 0.2) is 11.5 Å². The summed E-state index contributed by atoms with van der Waals surface area (Å²) in [5.74, 6) is 2.82. The van der Waals surface area contributed by atoms with E-state index in [-0.39, 0.29) is 17.9 Å². The van der Waals surface area contributed by atoms with Crippen LogP contribution in [0.3, 0.4) is 0 Å². The zero-order chi connectivity index (χ0) is 19.7. The minimum atomic E-state index is -0.197. The second-order valence-corrected chi connectivity index (χ2v) is 7.56. The number of hydrogen-bond donors (Lipinski definition) is 1. The van der Waals surface area contributed by atoms with Gasteiger partial charge >= 0.3 is 0 Å². The van der Waals surface area contributed by atoms with E-state index in [0.717, 1.165) is 0 Å². The van der Waals surface area contributed by atoms with Gasteiger partial charge in [-0.1, -0.05) is 12.2 Å². The summed E-state index contributed by atoms with van der Waals surface area (Å²) in [6.07, 6.45) is 8.70. The van der Waals surface area contributed by atoms with Crippen LogP contribution in [-0.2, 0) is 11.3 Å². The smallest absolute Gasteiger partial charge is 0.261 e. The maximum atomic E-state index is 12.7. The van der Waals surface area contributed by atoms with Gasteiger partial charge in [0, 0.05) is 25.6 Å². The highest BCUT2D eigenvalue weighted by Crippen LogP contribution is 2.42. The Morgan fingerprint density at radius 3 is 2.68 bits per heavy atom. The van der Waals surface area contributed by atoms with Crippen LogP contribution in [0, 0.1) is 17.8 Å². The van der Waals surface area contributed by atoms with Gasteiger partial charge in [-0.25, -0.2) is 4.98 Å². The molecule has 2 aliphatic carbocycles. The van der Waals surface area contributed by atoms with E-state index in [1.54, 1.807) is 12.1 Å². The van der Waals surface area contributed by atoms with Crippen LogP contribution in [0.2, 0.25) is 0 Å². The molecule has 7 heteroatoms. The van der Waals surface area contributed by atoms with Crippen molar-refractivity contribution in [2.24, 2.45) is 17.8 Å². The molecular weight excluding hydrogens is 358 g/mol. The van der Waals surface area contributed by atoms with Crippen LogP contribution in [0.4, 0.5) is 0 Å². The Balaban J connectivity index is 1.40. The van der Waals surface area contributed by atoms with Gasteiger partial charge in [0.05, 0.1) is 31.4 Å². The minimum Gasteiger partial charge on any atom is -0.493 e. The quantitative estimate of drug-likeness (QED) is 0.741. The number of fused-ring (bicyclic) bond motifs is 3. The molecule has 3 unspecified atom stereocenters. The number of rotatable bonds is 7. The highest BCUT2D eigenvalue weighted by Gasteiger charge is 2.35. The Labute approximate surface area is 163 Å². The van der Waals surface area contributed by atoms with E-state index in [1.165, 1.54) is 38.0 Å². The van der Waals surface area contributed by atoms with Crippen molar-refractivity contribution in [3.05, 3.63) is 41.0 Å². The SMILES string of the molecule is COc1cc2ncn(CCC(=O)NCC3CC4C=CC3C4)c(=O)c2cc1OC. The summed E-state index contributed by atoms with van der Waals surface area (Å²) in [5, 5.41) is 3.46. The average Bonchev–Trinajstić information content (AvgIpc) is 3.34. The van der Waals surface area contributed by atoms with Crippen molar-refractivity contribution in [2.45, 2.75) is 25.8 Å². The number of aromatic nitrogens is 2. The molecular formula is C21H25N3O4. The summed E-state index contributed by atoms with van der Waals surface area (Å²) in [6, 6.07) is 3.30. The lowest BCUT2D eigenvalue weighted by Crippen LogP contribution is -2.32. The molecule has 148 valence electrons. The van der Waals surface area contributed by atoms with Gasteiger partial charge in [-0.2, -0.15) is 0 Å². The number of nitrogens with zero attached hydrogens (tertiary/aromatic N) is 2. The van der Waals surface area contributed by atoms with E-state index in [1.807, 2.05) is 0 Å². The van der Waals surface area contributed by atoms with Crippen molar-refractivity contribution in [2.75, 3.05) is 20.8 Å². The number of amides is 1. The number of benzene rings is 1. The van der Waals surface area contributed by atoms with Crippen LogP contribution >= 0.6 is 0 Å². The zero-order valence-corrected chi connectivity index (χ0v) is 16.2. The first kappa shape index (κ1) is 18.5. The second-order valence-electron chi connectivity index (χ2n) is 7.56. The van der Waals surface area contributed by atoms with Crippen LogP contribution in [0.1, 0.15) is 19.3 Å². The summed E-state index contributed by atoms with van der Waals surface area (Å²) in [7, 11) is 3.06. The fourth-order valence-corrected chi connectivity index (χ4v) is 4.33. The first-order valence-electron chi connectivity index (χ1n) is 9.65. The highest BCUT2D eigenvalue weighted by atomic mass is 16.5. The molecule has 0 aliphatic heterocycles. The van der Waals surface area contributed by atoms with Gasteiger partial charge < -0.3 is 14.8 Å². The van der Waals surface area contributed by atoms with E-state index < -0.39 is 0 Å². The number of carbonyl (C=O) groups is 1. The number of hydrogen-bond acceptors (Lipinski definition) is 5. The Kier molecular flexibility index (Phi) is 5.07. The van der Waals surface area contributed by atoms with Crippen LogP contribution in [0.25, 0.3) is 10.9 Å². The second kappa shape index (κ2) is 7.66. The Morgan fingerprint density at radius 2 is 2.00 bits per heavy atom. The molecule has 7 nitrogen and oxygen atoms in total. The Hall–Kier alpha value is -2.83. The fourth-order valence-electron chi connectivity index (χ4n) is 4.33. The molecule has 2 bridgehead atoms. The summed E-state index contributed by atoms with van der Waals surface area (Å²) in [5.41, 5.74) is 0.338. The molecule has 1 aromatic heterocycles. The lowest BCUT2D eigenvalue weighted by Gasteiger charge is -2.18. The molecule has 1 aromatic carbocycles. The van der Waals surface area contributed by atoms with Gasteiger partial charge in [0.2, 0.25) is 5.91 Å². The molecule has 3 atom stereocenters. The molecule has 4 rings (SSSR count). The first-order valence-corrected chi connectivity index (χ1v) is 9.65. The fraction of sp³-hybridized carbons (Fsp3) is 0.476. The van der Waals surface area contributed by atoms with E-state index >= 15 is 0 Å². The van der Waals surface area contributed by atoms with Gasteiger partial charge in [0.1, 0.15) is 0 Å². The number of ether oxygens (including phenoxy) is 2. The average molecular weight is 383 g/mol. The first-order chi connectivity index (χ1) is 13.6. The van der Waals surface area contributed by atoms with Gasteiger partial charge in [-0.15, -0.1) is 0 Å². The summed E-state index contributed by atoms with van der Waals surface area (Å²) < 4.78 is 12.0. The van der Waals surface area contributed by atoms with E-state index in [2.05, 4.69) is 22.5 Å². The van der Waals surface area contributed by atoms with E-state index in [0.29, 0.717) is 53.2 Å². The maximum absolute atomic E-state index is 12.7. The predicted molar refractivity (Wildman–Crippen MR) is 106 cm³/mol. The number of nitrogens with one attached hydrogen (secondary N) is 1. The largest absolute Gasteiger partial charge is 0.493 e.